The largest absolute Gasteiger partial charge is 0.462 e. The quantitative estimate of drug-likeness (QED) is 0.787. The molecule has 0 saturated carbocycles. The summed E-state index contributed by atoms with van der Waals surface area (Å²) < 4.78 is 6.37. The number of aromatic nitrogens is 2. The van der Waals surface area contributed by atoms with E-state index in [0.717, 1.165) is 0 Å². The number of amides is 1. The van der Waals surface area contributed by atoms with Crippen LogP contribution in [0.4, 0.5) is 0 Å². The van der Waals surface area contributed by atoms with Crippen molar-refractivity contribution in [3.05, 3.63) is 35.7 Å². The summed E-state index contributed by atoms with van der Waals surface area (Å²) in [7, 11) is 0. The van der Waals surface area contributed by atoms with Gasteiger partial charge in [0.25, 0.3) is 0 Å². The molecule has 2 aromatic heterocycles. The highest BCUT2D eigenvalue weighted by Crippen LogP contribution is 2.13. The molecule has 88 valence electrons. The smallest absolute Gasteiger partial charge is 0.341 e. The molecule has 0 radical (unpaired) electrons. The zero-order valence-corrected chi connectivity index (χ0v) is 9.21. The molecular weight excluding hydrogens is 222 g/mol. The van der Waals surface area contributed by atoms with Gasteiger partial charge in [0.15, 0.2) is 0 Å². The van der Waals surface area contributed by atoms with Crippen LogP contribution < -0.4 is 5.73 Å². The Morgan fingerprint density at radius 3 is 2.94 bits per heavy atom. The third-order valence-corrected chi connectivity index (χ3v) is 2.30. The van der Waals surface area contributed by atoms with Crippen molar-refractivity contribution in [3.63, 3.8) is 0 Å². The van der Waals surface area contributed by atoms with Gasteiger partial charge in [0.1, 0.15) is 5.56 Å². The van der Waals surface area contributed by atoms with Gasteiger partial charge < -0.3 is 10.5 Å². The minimum absolute atomic E-state index is 0.283. The maximum Gasteiger partial charge on any atom is 0.341 e. The number of primary amides is 1. The SMILES string of the molecule is CCOC(=O)c1cnn2ccc(C(N)=O)cc12. The number of pyridine rings is 1. The Balaban J connectivity index is 2.54. The molecular formula is C11H11N3O3. The van der Waals surface area contributed by atoms with Gasteiger partial charge in [-0.1, -0.05) is 0 Å². The Bertz CT molecular complexity index is 589. The lowest BCUT2D eigenvalue weighted by molar-refractivity contribution is 0.0528. The zero-order chi connectivity index (χ0) is 12.4. The molecule has 0 saturated heterocycles. The Hall–Kier alpha value is -2.37. The summed E-state index contributed by atoms with van der Waals surface area (Å²) in [4.78, 5) is 22.7. The molecule has 2 N–H and O–H groups in total. The van der Waals surface area contributed by atoms with Gasteiger partial charge in [-0.05, 0) is 19.1 Å². The van der Waals surface area contributed by atoms with E-state index < -0.39 is 11.9 Å². The molecule has 0 unspecified atom stereocenters. The lowest BCUT2D eigenvalue weighted by Crippen LogP contribution is -2.11. The van der Waals surface area contributed by atoms with Crippen molar-refractivity contribution < 1.29 is 14.3 Å². The molecule has 1 amide bonds. The fraction of sp³-hybridized carbons (Fsp3) is 0.182. The first kappa shape index (κ1) is 11.1. The van der Waals surface area contributed by atoms with Gasteiger partial charge in [-0.25, -0.2) is 9.31 Å². The second-order valence-electron chi connectivity index (χ2n) is 3.39. The summed E-state index contributed by atoms with van der Waals surface area (Å²) in [5.74, 6) is -1.02. The highest BCUT2D eigenvalue weighted by atomic mass is 16.5. The van der Waals surface area contributed by atoms with Crippen molar-refractivity contribution in [3.8, 4) is 0 Å². The molecule has 0 spiro atoms. The van der Waals surface area contributed by atoms with E-state index in [9.17, 15) is 9.59 Å². The summed E-state index contributed by atoms with van der Waals surface area (Å²) >= 11 is 0. The van der Waals surface area contributed by atoms with Crippen molar-refractivity contribution in [2.45, 2.75) is 6.92 Å². The van der Waals surface area contributed by atoms with Crippen molar-refractivity contribution in [2.75, 3.05) is 6.61 Å². The van der Waals surface area contributed by atoms with Crippen LogP contribution in [0.5, 0.6) is 0 Å². The highest BCUT2D eigenvalue weighted by Gasteiger charge is 2.14. The second-order valence-corrected chi connectivity index (χ2v) is 3.39. The first-order valence-corrected chi connectivity index (χ1v) is 5.07. The number of carbonyl (C=O) groups excluding carboxylic acids is 2. The van der Waals surface area contributed by atoms with E-state index in [1.54, 1.807) is 13.1 Å². The predicted octanol–water partition coefficient (Wildman–Crippen LogP) is 0.610. The standard InChI is InChI=1S/C11H11N3O3/c1-2-17-11(16)8-6-13-14-4-3-7(10(12)15)5-9(8)14/h3-6H,2H2,1H3,(H2,12,15). The molecule has 0 aromatic carbocycles. The first-order chi connectivity index (χ1) is 8.13. The fourth-order valence-electron chi connectivity index (χ4n) is 1.50. The summed E-state index contributed by atoms with van der Waals surface area (Å²) in [5.41, 5.74) is 6.31. The van der Waals surface area contributed by atoms with E-state index in [-0.39, 0.29) is 6.61 Å². The zero-order valence-electron chi connectivity index (χ0n) is 9.21. The van der Waals surface area contributed by atoms with E-state index in [4.69, 9.17) is 10.5 Å². The summed E-state index contributed by atoms with van der Waals surface area (Å²) in [6.07, 6.45) is 2.97. The summed E-state index contributed by atoms with van der Waals surface area (Å²) in [6.45, 7) is 2.00. The molecule has 0 atom stereocenters. The van der Waals surface area contributed by atoms with Crippen molar-refractivity contribution >= 4 is 17.4 Å². The number of esters is 1. The number of fused-ring (bicyclic) bond motifs is 1. The molecule has 17 heavy (non-hydrogen) atoms. The van der Waals surface area contributed by atoms with Gasteiger partial charge in [-0.2, -0.15) is 5.10 Å². The van der Waals surface area contributed by atoms with Crippen molar-refractivity contribution in [2.24, 2.45) is 5.73 Å². The molecule has 0 aliphatic carbocycles. The van der Waals surface area contributed by atoms with Crippen LogP contribution in [-0.2, 0) is 4.74 Å². The normalized spacial score (nSPS) is 10.4. The van der Waals surface area contributed by atoms with Crippen LogP contribution in [0.25, 0.3) is 5.52 Å². The van der Waals surface area contributed by atoms with Crippen molar-refractivity contribution in [1.29, 1.82) is 0 Å². The molecule has 2 aromatic rings. The van der Waals surface area contributed by atoms with Gasteiger partial charge in [-0.3, -0.25) is 4.79 Å². The van der Waals surface area contributed by atoms with Crippen LogP contribution in [0.2, 0.25) is 0 Å². The Morgan fingerprint density at radius 1 is 1.53 bits per heavy atom. The van der Waals surface area contributed by atoms with E-state index in [1.807, 2.05) is 0 Å². The van der Waals surface area contributed by atoms with Crippen LogP contribution in [0.3, 0.4) is 0 Å². The van der Waals surface area contributed by atoms with Crippen LogP contribution in [0.1, 0.15) is 27.6 Å². The molecule has 0 aliphatic rings. The Morgan fingerprint density at radius 2 is 2.29 bits per heavy atom. The molecule has 2 rings (SSSR count). The molecule has 6 nitrogen and oxygen atoms in total. The van der Waals surface area contributed by atoms with E-state index in [2.05, 4.69) is 5.10 Å². The van der Waals surface area contributed by atoms with Gasteiger partial charge in [0.05, 0.1) is 18.3 Å². The van der Waals surface area contributed by atoms with Gasteiger partial charge in [0, 0.05) is 11.8 Å². The number of ether oxygens (including phenoxy) is 1. The van der Waals surface area contributed by atoms with Crippen LogP contribution in [0.15, 0.2) is 24.5 Å². The number of carbonyl (C=O) groups is 2. The topological polar surface area (TPSA) is 86.7 Å². The summed E-state index contributed by atoms with van der Waals surface area (Å²) in [6, 6.07) is 3.05. The maximum atomic E-state index is 11.6. The average Bonchev–Trinajstić information content (AvgIpc) is 2.71. The lowest BCUT2D eigenvalue weighted by atomic mass is 10.2. The predicted molar refractivity (Wildman–Crippen MR) is 59.7 cm³/mol. The third-order valence-electron chi connectivity index (χ3n) is 2.30. The van der Waals surface area contributed by atoms with Gasteiger partial charge in [-0.15, -0.1) is 0 Å². The van der Waals surface area contributed by atoms with Crippen LogP contribution >= 0.6 is 0 Å². The Labute approximate surface area is 97.0 Å². The average molecular weight is 233 g/mol. The number of hydrogen-bond donors (Lipinski definition) is 1. The van der Waals surface area contributed by atoms with E-state index in [1.165, 1.54) is 22.8 Å². The van der Waals surface area contributed by atoms with Crippen molar-refractivity contribution in [1.82, 2.24) is 9.61 Å². The van der Waals surface area contributed by atoms with Gasteiger partial charge in [0.2, 0.25) is 5.91 Å². The molecule has 2 heterocycles. The lowest BCUT2D eigenvalue weighted by Gasteiger charge is -2.01. The molecule has 6 heteroatoms. The van der Waals surface area contributed by atoms with Crippen LogP contribution in [-0.4, -0.2) is 28.1 Å². The number of nitrogens with zero attached hydrogens (tertiary/aromatic N) is 2. The number of hydrogen-bond acceptors (Lipinski definition) is 4. The van der Waals surface area contributed by atoms with Gasteiger partial charge >= 0.3 is 5.97 Å². The molecule has 0 fully saturated rings. The summed E-state index contributed by atoms with van der Waals surface area (Å²) in [5, 5.41) is 3.99. The maximum absolute atomic E-state index is 11.6. The second kappa shape index (κ2) is 4.25. The highest BCUT2D eigenvalue weighted by molar-refractivity contribution is 5.99. The molecule has 0 aliphatic heterocycles. The molecule has 0 bridgehead atoms. The van der Waals surface area contributed by atoms with E-state index in [0.29, 0.717) is 16.6 Å². The van der Waals surface area contributed by atoms with Crippen LogP contribution in [0, 0.1) is 0 Å². The minimum atomic E-state index is -0.552. The third kappa shape index (κ3) is 1.96. The number of nitrogens with two attached hydrogens (primary N) is 1. The minimum Gasteiger partial charge on any atom is -0.462 e. The monoisotopic (exact) mass is 233 g/mol. The Kier molecular flexibility index (Phi) is 2.78. The number of rotatable bonds is 3. The fourth-order valence-corrected chi connectivity index (χ4v) is 1.50. The first-order valence-electron chi connectivity index (χ1n) is 5.07. The van der Waals surface area contributed by atoms with E-state index >= 15 is 0 Å².